The lowest BCUT2D eigenvalue weighted by molar-refractivity contribution is 0.0195. The Kier molecular flexibility index (Phi) is 10.9. The van der Waals surface area contributed by atoms with Gasteiger partial charge < -0.3 is 28.9 Å². The van der Waals surface area contributed by atoms with E-state index in [0.29, 0.717) is 49.9 Å². The van der Waals surface area contributed by atoms with Crippen LogP contribution in [0, 0.1) is 13.8 Å². The number of nitrogens with zero attached hydrogens (tertiary/aromatic N) is 4. The van der Waals surface area contributed by atoms with E-state index in [1.807, 2.05) is 67.5 Å². The zero-order valence-electron chi connectivity index (χ0n) is 32.1. The monoisotopic (exact) mass is 695 g/mol. The molecule has 2 aromatic heterocycles. The van der Waals surface area contributed by atoms with E-state index in [4.69, 9.17) is 28.6 Å². The van der Waals surface area contributed by atoms with Gasteiger partial charge in [0, 0.05) is 49.4 Å². The molecule has 4 heterocycles. The van der Waals surface area contributed by atoms with Gasteiger partial charge in [-0.1, -0.05) is 26.8 Å². The second-order valence-corrected chi connectivity index (χ2v) is 21.4. The number of rotatable bonds is 6. The molecule has 0 saturated carbocycles. The molecule has 4 rings (SSSR count). The fraction of sp³-hybridized carbons (Fsp3) is 0.622. The standard InChI is InChI=1S/C37H57N5O6Si/c1-23-19-26(41(12)33(43)46-35(3,4)5)21-29(38-23)40-32-24(2)30(31-28(39-32)16-18-45-31)25-15-17-42(34(44)47-36(6,7)8)22-27(20-25)48-49(13,14)37(9,10)11/h15,19,21,27H,16-18,20,22H2,1-14H3,(H,38,39,40)/t27-/m0/s1. The van der Waals surface area contributed by atoms with Crippen LogP contribution in [-0.2, 0) is 20.3 Å². The molecule has 49 heavy (non-hydrogen) atoms. The number of aryl methyl sites for hydroxylation is 1. The minimum Gasteiger partial charge on any atom is -0.491 e. The first-order valence-corrected chi connectivity index (χ1v) is 20.1. The second-order valence-electron chi connectivity index (χ2n) is 16.7. The van der Waals surface area contributed by atoms with E-state index in [2.05, 4.69) is 45.3 Å². The van der Waals surface area contributed by atoms with Crippen LogP contribution in [0.5, 0.6) is 5.75 Å². The van der Waals surface area contributed by atoms with Crippen molar-refractivity contribution in [1.82, 2.24) is 14.9 Å². The van der Waals surface area contributed by atoms with Crippen molar-refractivity contribution in [1.29, 1.82) is 0 Å². The van der Waals surface area contributed by atoms with Crippen molar-refractivity contribution in [3.05, 3.63) is 40.7 Å². The number of ether oxygens (including phenoxy) is 3. The minimum atomic E-state index is -2.20. The molecule has 270 valence electrons. The third-order valence-electron chi connectivity index (χ3n) is 8.96. The number of fused-ring (bicyclic) bond motifs is 1. The van der Waals surface area contributed by atoms with Gasteiger partial charge >= 0.3 is 12.2 Å². The predicted octanol–water partition coefficient (Wildman–Crippen LogP) is 8.56. The molecule has 2 aliphatic heterocycles. The molecule has 2 amide bonds. The molecule has 2 aromatic rings. The van der Waals surface area contributed by atoms with Crippen LogP contribution in [-0.4, -0.2) is 79.4 Å². The Bertz CT molecular complexity index is 1600. The Labute approximate surface area is 293 Å². The van der Waals surface area contributed by atoms with E-state index >= 15 is 0 Å². The number of nitrogens with one attached hydrogen (secondary N) is 1. The maximum Gasteiger partial charge on any atom is 0.414 e. The van der Waals surface area contributed by atoms with Crippen LogP contribution in [0.2, 0.25) is 18.1 Å². The Morgan fingerprint density at radius 2 is 1.65 bits per heavy atom. The van der Waals surface area contributed by atoms with Gasteiger partial charge in [0.05, 0.1) is 24.1 Å². The zero-order valence-corrected chi connectivity index (χ0v) is 33.1. The molecule has 0 aromatic carbocycles. The molecular formula is C37H57N5O6Si. The molecule has 1 N–H and O–H groups in total. The normalized spacial score (nSPS) is 17.1. The molecule has 12 heteroatoms. The number of hydrogen-bond acceptors (Lipinski definition) is 9. The van der Waals surface area contributed by atoms with E-state index < -0.39 is 25.6 Å². The molecular weight excluding hydrogens is 639 g/mol. The van der Waals surface area contributed by atoms with E-state index in [0.717, 1.165) is 33.8 Å². The Morgan fingerprint density at radius 3 is 2.27 bits per heavy atom. The number of amides is 2. The predicted molar refractivity (Wildman–Crippen MR) is 198 cm³/mol. The average Bonchev–Trinajstić information content (AvgIpc) is 3.29. The fourth-order valence-corrected chi connectivity index (χ4v) is 6.88. The van der Waals surface area contributed by atoms with Crippen molar-refractivity contribution >= 4 is 43.4 Å². The summed E-state index contributed by atoms with van der Waals surface area (Å²) in [6.07, 6.45) is 2.32. The molecule has 0 aliphatic carbocycles. The van der Waals surface area contributed by atoms with Gasteiger partial charge in [-0.2, -0.15) is 0 Å². The van der Waals surface area contributed by atoms with Crippen molar-refractivity contribution in [2.45, 2.75) is 124 Å². The smallest absolute Gasteiger partial charge is 0.414 e. The number of carbonyl (C=O) groups excluding carboxylic acids is 2. The number of pyridine rings is 2. The largest absolute Gasteiger partial charge is 0.491 e. The summed E-state index contributed by atoms with van der Waals surface area (Å²) < 4.78 is 24.6. The number of aromatic nitrogens is 2. The highest BCUT2D eigenvalue weighted by atomic mass is 28.4. The first-order chi connectivity index (χ1) is 22.4. The van der Waals surface area contributed by atoms with Gasteiger partial charge in [0.25, 0.3) is 0 Å². The summed E-state index contributed by atoms with van der Waals surface area (Å²) in [6.45, 7) is 27.5. The molecule has 11 nitrogen and oxygen atoms in total. The van der Waals surface area contributed by atoms with Crippen LogP contribution in [0.1, 0.15) is 91.2 Å². The van der Waals surface area contributed by atoms with Crippen LogP contribution in [0.15, 0.2) is 18.2 Å². The van der Waals surface area contributed by atoms with E-state index in [9.17, 15) is 9.59 Å². The number of carbonyl (C=O) groups is 2. The molecule has 0 spiro atoms. The van der Waals surface area contributed by atoms with Gasteiger partial charge in [0.15, 0.2) is 8.32 Å². The Hall–Kier alpha value is -3.64. The zero-order chi connectivity index (χ0) is 36.7. The highest BCUT2D eigenvalue weighted by Gasteiger charge is 2.41. The fourth-order valence-electron chi connectivity index (χ4n) is 5.54. The minimum absolute atomic E-state index is 0.00875. The van der Waals surface area contributed by atoms with Crippen molar-refractivity contribution in [3.63, 3.8) is 0 Å². The Morgan fingerprint density at radius 1 is 1.00 bits per heavy atom. The number of anilines is 3. The van der Waals surface area contributed by atoms with Gasteiger partial charge in [-0.15, -0.1) is 0 Å². The summed E-state index contributed by atoms with van der Waals surface area (Å²) in [4.78, 5) is 39.2. The van der Waals surface area contributed by atoms with Crippen molar-refractivity contribution in [2.24, 2.45) is 0 Å². The van der Waals surface area contributed by atoms with Crippen molar-refractivity contribution < 1.29 is 28.2 Å². The highest BCUT2D eigenvalue weighted by molar-refractivity contribution is 6.74. The molecule has 0 fully saturated rings. The summed E-state index contributed by atoms with van der Waals surface area (Å²) in [5.74, 6) is 1.98. The third-order valence-corrected chi connectivity index (χ3v) is 13.5. The summed E-state index contributed by atoms with van der Waals surface area (Å²) >= 11 is 0. The highest BCUT2D eigenvalue weighted by Crippen LogP contribution is 2.43. The van der Waals surface area contributed by atoms with Gasteiger partial charge in [0.2, 0.25) is 0 Å². The molecule has 0 bridgehead atoms. The molecule has 1 atom stereocenters. The van der Waals surface area contributed by atoms with E-state index in [-0.39, 0.29) is 17.2 Å². The summed E-state index contributed by atoms with van der Waals surface area (Å²) in [6, 6.07) is 3.65. The lowest BCUT2D eigenvalue weighted by atomic mass is 9.94. The number of hydrogen-bond donors (Lipinski definition) is 1. The average molecular weight is 696 g/mol. The maximum atomic E-state index is 13.4. The maximum absolute atomic E-state index is 13.4. The van der Waals surface area contributed by atoms with Crippen molar-refractivity contribution in [2.75, 3.05) is 37.0 Å². The van der Waals surface area contributed by atoms with Crippen LogP contribution in [0.4, 0.5) is 26.9 Å². The third kappa shape index (κ3) is 9.54. The van der Waals surface area contributed by atoms with Crippen LogP contribution in [0.25, 0.3) is 5.57 Å². The van der Waals surface area contributed by atoms with Crippen LogP contribution in [0.3, 0.4) is 0 Å². The quantitative estimate of drug-likeness (QED) is 0.297. The van der Waals surface area contributed by atoms with E-state index in [1.54, 1.807) is 11.9 Å². The Balaban J connectivity index is 1.74. The lowest BCUT2D eigenvalue weighted by Crippen LogP contribution is -2.48. The van der Waals surface area contributed by atoms with Crippen LogP contribution < -0.4 is 15.0 Å². The van der Waals surface area contributed by atoms with Gasteiger partial charge in [-0.25, -0.2) is 19.6 Å². The summed E-state index contributed by atoms with van der Waals surface area (Å²) in [5.41, 5.74) is 3.89. The molecule has 0 unspecified atom stereocenters. The van der Waals surface area contributed by atoms with Crippen molar-refractivity contribution in [3.8, 4) is 5.75 Å². The summed E-state index contributed by atoms with van der Waals surface area (Å²) in [5, 5.41) is 3.44. The van der Waals surface area contributed by atoms with Gasteiger partial charge in [0.1, 0.15) is 28.6 Å². The topological polar surface area (TPSA) is 115 Å². The second kappa shape index (κ2) is 13.9. The molecule has 2 aliphatic rings. The lowest BCUT2D eigenvalue weighted by Gasteiger charge is -2.40. The van der Waals surface area contributed by atoms with Gasteiger partial charge in [-0.05, 0) is 91.6 Å². The van der Waals surface area contributed by atoms with E-state index in [1.165, 1.54) is 4.90 Å². The van der Waals surface area contributed by atoms with Crippen LogP contribution >= 0.6 is 0 Å². The SMILES string of the molecule is Cc1cc(N(C)C(=O)OC(C)(C)C)cc(Nc2nc3c(c(C4=CCN(C(=O)OC(C)(C)C)C[C@@H](O[Si](C)(C)C(C)(C)C)C4)c2C)OCC3)n1. The van der Waals surface area contributed by atoms with Gasteiger partial charge in [-0.3, -0.25) is 4.90 Å². The first-order valence-electron chi connectivity index (χ1n) is 17.2. The first kappa shape index (κ1) is 38.2. The summed E-state index contributed by atoms with van der Waals surface area (Å²) in [7, 11) is -0.518. The molecule has 0 radical (unpaired) electrons. The molecule has 0 saturated heterocycles.